The lowest BCUT2D eigenvalue weighted by atomic mass is 10.1. The van der Waals surface area contributed by atoms with Gasteiger partial charge in [-0.15, -0.1) is 0 Å². The van der Waals surface area contributed by atoms with E-state index in [9.17, 15) is 4.79 Å². The maximum Gasteiger partial charge on any atom is 0.357 e. The molecule has 1 N–H and O–H groups in total. The third-order valence-electron chi connectivity index (χ3n) is 4.71. The number of amides is 1. The van der Waals surface area contributed by atoms with Gasteiger partial charge in [0.1, 0.15) is 5.75 Å². The first-order chi connectivity index (χ1) is 14.3. The highest BCUT2D eigenvalue weighted by Gasteiger charge is 2.14. The molecule has 0 aliphatic rings. The number of nitrogens with one attached hydrogen (secondary N) is 1. The Hall–Kier alpha value is -1.56. The minimum Gasteiger partial charge on any atom is -0.494 e. The van der Waals surface area contributed by atoms with Gasteiger partial charge in [-0.3, -0.25) is 4.79 Å². The molecule has 0 unspecified atom stereocenters. The third kappa shape index (κ3) is 11.3. The molecule has 0 aliphatic carbocycles. The summed E-state index contributed by atoms with van der Waals surface area (Å²) in [6.45, 7) is 3.51. The van der Waals surface area contributed by atoms with Crippen LogP contribution in [0.5, 0.6) is 5.75 Å². The van der Waals surface area contributed by atoms with Gasteiger partial charge in [-0.25, -0.2) is 0 Å². The zero-order chi connectivity index (χ0) is 20.6. The molecule has 0 atom stereocenters. The molecule has 0 bridgehead atoms. The monoisotopic (exact) mass is 508 g/mol. The molecule has 0 radical (unpaired) electrons. The number of carbonyl (C=O) groups is 1. The Kier molecular flexibility index (Phi) is 12.5. The molecular formula is C25H35INO2+. The number of carbonyl (C=O) groups excluding carboxylic acids is 1. The average molecular weight is 508 g/mol. The summed E-state index contributed by atoms with van der Waals surface area (Å²) in [7, 11) is 0. The van der Waals surface area contributed by atoms with Crippen molar-refractivity contribution in [2.24, 2.45) is 0 Å². The summed E-state index contributed by atoms with van der Waals surface area (Å²) in [5.41, 5.74) is 0. The molecule has 0 fully saturated rings. The Morgan fingerprint density at radius 2 is 1.38 bits per heavy atom. The predicted octanol–water partition coefficient (Wildman–Crippen LogP) is 2.84. The topological polar surface area (TPSA) is 38.3 Å². The Bertz CT molecular complexity index is 673. The standard InChI is InChI=1S/C25H34INO2/c1-2-27-25(28)16-12-7-5-3-4-6-8-13-21-29-24-19-17-23(18-20-24)26-22-14-10-9-11-15-22/h9-11,14-15,17-20H,2-8,12-13,16,21H2,1H3/p+1. The molecule has 0 saturated heterocycles. The van der Waals surface area contributed by atoms with Crippen molar-refractivity contribution in [3.8, 4) is 5.75 Å². The summed E-state index contributed by atoms with van der Waals surface area (Å²) in [5, 5.41) is 2.85. The summed E-state index contributed by atoms with van der Waals surface area (Å²) in [6.07, 6.45) is 10.3. The van der Waals surface area contributed by atoms with Gasteiger partial charge in [-0.1, -0.05) is 56.7 Å². The molecule has 1 amide bonds. The summed E-state index contributed by atoms with van der Waals surface area (Å²) < 4.78 is 8.76. The van der Waals surface area contributed by atoms with Crippen LogP contribution in [0.4, 0.5) is 0 Å². The molecule has 0 aromatic heterocycles. The fraction of sp³-hybridized carbons (Fsp3) is 0.480. The molecule has 0 spiro atoms. The minimum absolute atomic E-state index is 0.0951. The van der Waals surface area contributed by atoms with Gasteiger partial charge in [0, 0.05) is 13.0 Å². The van der Waals surface area contributed by atoms with Crippen LogP contribution in [0.25, 0.3) is 0 Å². The fourth-order valence-corrected chi connectivity index (χ4v) is 5.33. The number of hydrogen-bond acceptors (Lipinski definition) is 2. The maximum absolute atomic E-state index is 11.4. The Morgan fingerprint density at radius 1 is 0.793 bits per heavy atom. The molecule has 2 aromatic carbocycles. The van der Waals surface area contributed by atoms with Crippen LogP contribution >= 0.6 is 0 Å². The number of rotatable bonds is 15. The van der Waals surface area contributed by atoms with Crippen LogP contribution in [0.15, 0.2) is 54.6 Å². The molecule has 0 heterocycles. The highest BCUT2D eigenvalue weighted by Crippen LogP contribution is 2.12. The van der Waals surface area contributed by atoms with E-state index in [1.807, 2.05) is 6.92 Å². The van der Waals surface area contributed by atoms with E-state index in [1.54, 1.807) is 0 Å². The summed E-state index contributed by atoms with van der Waals surface area (Å²) in [6, 6.07) is 19.4. The molecule has 2 aromatic rings. The van der Waals surface area contributed by atoms with E-state index in [4.69, 9.17) is 4.74 Å². The zero-order valence-electron chi connectivity index (χ0n) is 17.7. The van der Waals surface area contributed by atoms with Gasteiger partial charge in [0.05, 0.1) is 6.61 Å². The first-order valence-corrected chi connectivity index (χ1v) is 13.1. The van der Waals surface area contributed by atoms with Gasteiger partial charge >= 0.3 is 21.2 Å². The average Bonchev–Trinajstić information content (AvgIpc) is 2.74. The van der Waals surface area contributed by atoms with Gasteiger partial charge in [0.2, 0.25) is 5.91 Å². The predicted molar refractivity (Wildman–Crippen MR) is 116 cm³/mol. The van der Waals surface area contributed by atoms with Crippen molar-refractivity contribution in [3.63, 3.8) is 0 Å². The lowest BCUT2D eigenvalue weighted by Crippen LogP contribution is -3.61. The second-order valence-corrected chi connectivity index (χ2v) is 10.3. The number of hydrogen-bond donors (Lipinski definition) is 1. The highest BCUT2D eigenvalue weighted by molar-refractivity contribution is 5.75. The number of halogens is 1. The molecule has 0 aliphatic heterocycles. The normalized spacial score (nSPS) is 10.7. The number of ether oxygens (including phenoxy) is 1. The van der Waals surface area contributed by atoms with E-state index in [2.05, 4.69) is 59.9 Å². The van der Waals surface area contributed by atoms with Crippen LogP contribution in [-0.4, -0.2) is 19.1 Å². The second kappa shape index (κ2) is 15.3. The van der Waals surface area contributed by atoms with Crippen LogP contribution in [0, 0.1) is 7.14 Å². The van der Waals surface area contributed by atoms with Crippen molar-refractivity contribution in [2.45, 2.75) is 64.7 Å². The number of unbranched alkanes of at least 4 members (excludes halogenated alkanes) is 7. The van der Waals surface area contributed by atoms with Gasteiger partial charge in [0.25, 0.3) is 0 Å². The van der Waals surface area contributed by atoms with E-state index < -0.39 is 0 Å². The quantitative estimate of drug-likeness (QED) is 0.297. The van der Waals surface area contributed by atoms with Crippen LogP contribution in [0.1, 0.15) is 64.7 Å². The van der Waals surface area contributed by atoms with Gasteiger partial charge in [-0.2, -0.15) is 0 Å². The summed E-state index contributed by atoms with van der Waals surface area (Å²) in [4.78, 5) is 11.4. The largest absolute Gasteiger partial charge is 0.494 e. The molecule has 158 valence electrons. The van der Waals surface area contributed by atoms with Gasteiger partial charge in [0.15, 0.2) is 7.14 Å². The number of benzene rings is 2. The van der Waals surface area contributed by atoms with Crippen molar-refractivity contribution < 1.29 is 30.7 Å². The van der Waals surface area contributed by atoms with E-state index >= 15 is 0 Å². The van der Waals surface area contributed by atoms with Crippen molar-refractivity contribution in [1.29, 1.82) is 0 Å². The van der Waals surface area contributed by atoms with E-state index in [0.29, 0.717) is 6.42 Å². The van der Waals surface area contributed by atoms with E-state index in [0.717, 1.165) is 31.7 Å². The fourth-order valence-electron chi connectivity index (χ4n) is 3.12. The minimum atomic E-state index is -0.0951. The Morgan fingerprint density at radius 3 is 2.03 bits per heavy atom. The Labute approximate surface area is 186 Å². The smallest absolute Gasteiger partial charge is 0.357 e. The molecule has 0 saturated carbocycles. The molecule has 4 heteroatoms. The molecular weight excluding hydrogens is 473 g/mol. The van der Waals surface area contributed by atoms with Crippen LogP contribution in [-0.2, 0) is 4.79 Å². The SMILES string of the molecule is CCNC(=O)CCCCCCCCCCOc1ccc([I+]c2ccccc2)cc1. The van der Waals surface area contributed by atoms with Crippen molar-refractivity contribution in [3.05, 3.63) is 61.7 Å². The molecule has 2 rings (SSSR count). The van der Waals surface area contributed by atoms with Gasteiger partial charge < -0.3 is 10.1 Å². The van der Waals surface area contributed by atoms with E-state index in [1.165, 1.54) is 45.7 Å². The van der Waals surface area contributed by atoms with Crippen LogP contribution in [0.2, 0.25) is 0 Å². The second-order valence-electron chi connectivity index (χ2n) is 7.22. The summed E-state index contributed by atoms with van der Waals surface area (Å²) >= 11 is -0.0951. The Balaban J connectivity index is 1.44. The zero-order valence-corrected chi connectivity index (χ0v) is 19.8. The molecule has 3 nitrogen and oxygen atoms in total. The lowest BCUT2D eigenvalue weighted by molar-refractivity contribution is -0.597. The van der Waals surface area contributed by atoms with Crippen molar-refractivity contribution >= 4 is 5.91 Å². The van der Waals surface area contributed by atoms with Crippen molar-refractivity contribution in [1.82, 2.24) is 5.32 Å². The third-order valence-corrected chi connectivity index (χ3v) is 7.39. The van der Waals surface area contributed by atoms with E-state index in [-0.39, 0.29) is 27.1 Å². The highest BCUT2D eigenvalue weighted by atomic mass is 127. The van der Waals surface area contributed by atoms with Crippen LogP contribution < -0.4 is 31.3 Å². The lowest BCUT2D eigenvalue weighted by Gasteiger charge is -2.06. The maximum atomic E-state index is 11.4. The van der Waals surface area contributed by atoms with Crippen molar-refractivity contribution in [2.75, 3.05) is 13.2 Å². The first-order valence-electron chi connectivity index (χ1n) is 11.0. The molecule has 29 heavy (non-hydrogen) atoms. The summed E-state index contributed by atoms with van der Waals surface area (Å²) in [5.74, 6) is 1.18. The van der Waals surface area contributed by atoms with Crippen LogP contribution in [0.3, 0.4) is 0 Å². The van der Waals surface area contributed by atoms with Gasteiger partial charge in [-0.05, 0) is 56.2 Å². The first kappa shape index (κ1) is 23.7.